The molecule has 3 aromatic rings. The summed E-state index contributed by atoms with van der Waals surface area (Å²) in [6.07, 6.45) is 1.72. The molecule has 2 aromatic carbocycles. The summed E-state index contributed by atoms with van der Waals surface area (Å²) >= 11 is 1.86. The molecule has 4 rings (SSSR count). The number of likely N-dealkylation sites (tertiary alicyclic amines) is 1. The van der Waals surface area contributed by atoms with Crippen molar-refractivity contribution in [2.75, 3.05) is 25.4 Å². The molecule has 1 aliphatic heterocycles. The lowest BCUT2D eigenvalue weighted by molar-refractivity contribution is -0.126. The van der Waals surface area contributed by atoms with E-state index >= 15 is 0 Å². The van der Waals surface area contributed by atoms with E-state index in [1.165, 1.54) is 16.7 Å². The van der Waals surface area contributed by atoms with Crippen molar-refractivity contribution < 1.29 is 9.32 Å². The third-order valence-electron chi connectivity index (χ3n) is 6.69. The Labute approximate surface area is 219 Å². The number of piperidine rings is 1. The number of rotatable bonds is 9. The van der Waals surface area contributed by atoms with Crippen LogP contribution in [0.4, 0.5) is 0 Å². The van der Waals surface area contributed by atoms with Crippen molar-refractivity contribution in [2.45, 2.75) is 58.2 Å². The monoisotopic (exact) mass is 506 g/mol. The number of carbonyl (C=O) groups is 1. The summed E-state index contributed by atoms with van der Waals surface area (Å²) in [5.41, 5.74) is 4.99. The molecule has 6 nitrogen and oxygen atoms in total. The predicted molar refractivity (Wildman–Crippen MR) is 147 cm³/mol. The van der Waals surface area contributed by atoms with Gasteiger partial charge >= 0.3 is 0 Å². The lowest BCUT2D eigenvalue weighted by Gasteiger charge is -2.30. The minimum absolute atomic E-state index is 0.0857. The number of benzene rings is 2. The molecule has 0 radical (unpaired) electrons. The molecule has 0 aliphatic carbocycles. The van der Waals surface area contributed by atoms with Gasteiger partial charge in [-0.15, -0.1) is 0 Å². The summed E-state index contributed by atoms with van der Waals surface area (Å²) in [5.74, 6) is 3.43. The van der Waals surface area contributed by atoms with Gasteiger partial charge in [-0.25, -0.2) is 0 Å². The number of nitrogens with one attached hydrogen (secondary N) is 1. The Hall–Kier alpha value is -2.64. The lowest BCUT2D eigenvalue weighted by atomic mass is 9.87. The van der Waals surface area contributed by atoms with Crippen LogP contribution < -0.4 is 5.32 Å². The number of nitrogens with zero attached hydrogens (tertiary/aromatic N) is 3. The van der Waals surface area contributed by atoms with Crippen molar-refractivity contribution in [1.82, 2.24) is 20.4 Å². The molecule has 1 aliphatic rings. The van der Waals surface area contributed by atoms with Gasteiger partial charge in [-0.3, -0.25) is 9.69 Å². The Bertz CT molecular complexity index is 1130. The molecule has 36 heavy (non-hydrogen) atoms. The summed E-state index contributed by atoms with van der Waals surface area (Å²) in [4.78, 5) is 19.5. The van der Waals surface area contributed by atoms with E-state index in [9.17, 15) is 4.79 Å². The van der Waals surface area contributed by atoms with E-state index in [-0.39, 0.29) is 17.2 Å². The highest BCUT2D eigenvalue weighted by Crippen LogP contribution is 2.25. The van der Waals surface area contributed by atoms with E-state index in [1.54, 1.807) is 0 Å². The standard InChI is InChI=1S/C29H38N4O2S/c1-21-6-5-7-22(18-21)20-36-17-14-30-28(34)24-12-15-33(16-13-24)19-26-31-27(32-35-26)23-8-10-25(11-9-23)29(2,3)4/h5-11,18,24H,12-17,19-20H2,1-4H3,(H,30,34). The highest BCUT2D eigenvalue weighted by atomic mass is 32.2. The van der Waals surface area contributed by atoms with E-state index in [0.29, 0.717) is 18.3 Å². The highest BCUT2D eigenvalue weighted by molar-refractivity contribution is 7.98. The summed E-state index contributed by atoms with van der Waals surface area (Å²) in [5, 5.41) is 7.31. The number of aryl methyl sites for hydroxylation is 1. The molecule has 1 fully saturated rings. The second-order valence-corrected chi connectivity index (χ2v) is 11.8. The van der Waals surface area contributed by atoms with E-state index < -0.39 is 0 Å². The zero-order valence-electron chi connectivity index (χ0n) is 21.9. The van der Waals surface area contributed by atoms with Crippen molar-refractivity contribution in [2.24, 2.45) is 5.92 Å². The quantitative estimate of drug-likeness (QED) is 0.381. The molecule has 7 heteroatoms. The minimum atomic E-state index is 0.0857. The third kappa shape index (κ3) is 7.43. The first-order valence-electron chi connectivity index (χ1n) is 12.8. The van der Waals surface area contributed by atoms with Crippen LogP contribution in [0.1, 0.15) is 56.2 Å². The number of hydrogen-bond acceptors (Lipinski definition) is 6. The summed E-state index contributed by atoms with van der Waals surface area (Å²) in [7, 11) is 0. The fourth-order valence-corrected chi connectivity index (χ4v) is 5.29. The average molecular weight is 507 g/mol. The molecule has 1 amide bonds. The van der Waals surface area contributed by atoms with E-state index in [2.05, 4.69) is 96.6 Å². The van der Waals surface area contributed by atoms with Gasteiger partial charge in [0.05, 0.1) is 6.54 Å². The van der Waals surface area contributed by atoms with Crippen molar-refractivity contribution in [3.05, 3.63) is 71.1 Å². The molecular formula is C29H38N4O2S. The second-order valence-electron chi connectivity index (χ2n) is 10.7. The normalized spacial score (nSPS) is 15.2. The van der Waals surface area contributed by atoms with Crippen molar-refractivity contribution in [3.63, 3.8) is 0 Å². The van der Waals surface area contributed by atoms with E-state index in [0.717, 1.165) is 49.5 Å². The van der Waals surface area contributed by atoms with Gasteiger partial charge in [0, 0.05) is 29.5 Å². The van der Waals surface area contributed by atoms with Crippen LogP contribution in [0.3, 0.4) is 0 Å². The van der Waals surface area contributed by atoms with Gasteiger partial charge in [0.1, 0.15) is 0 Å². The molecule has 0 saturated carbocycles. The van der Waals surface area contributed by atoms with Crippen LogP contribution in [0.2, 0.25) is 0 Å². The van der Waals surface area contributed by atoms with Crippen LogP contribution in [0.5, 0.6) is 0 Å². The molecule has 2 heterocycles. The van der Waals surface area contributed by atoms with Crippen molar-refractivity contribution >= 4 is 17.7 Å². The maximum absolute atomic E-state index is 12.6. The number of carbonyl (C=O) groups excluding carboxylic acids is 1. The Kier molecular flexibility index (Phi) is 8.86. The Morgan fingerprint density at radius 2 is 1.89 bits per heavy atom. The maximum atomic E-state index is 12.6. The van der Waals surface area contributed by atoms with Crippen molar-refractivity contribution in [3.8, 4) is 11.4 Å². The fourth-order valence-electron chi connectivity index (χ4n) is 4.48. The number of hydrogen-bond donors (Lipinski definition) is 1. The van der Waals surface area contributed by atoms with Gasteiger partial charge in [-0.2, -0.15) is 16.7 Å². The molecule has 0 bridgehead atoms. The second kappa shape index (κ2) is 12.1. The Morgan fingerprint density at radius 1 is 1.14 bits per heavy atom. The predicted octanol–water partition coefficient (Wildman–Crippen LogP) is 5.60. The minimum Gasteiger partial charge on any atom is -0.355 e. The molecule has 192 valence electrons. The maximum Gasteiger partial charge on any atom is 0.241 e. The topological polar surface area (TPSA) is 71.3 Å². The van der Waals surface area contributed by atoms with E-state index in [4.69, 9.17) is 4.52 Å². The third-order valence-corrected chi connectivity index (χ3v) is 7.72. The van der Waals surface area contributed by atoms with Crippen molar-refractivity contribution in [1.29, 1.82) is 0 Å². The van der Waals surface area contributed by atoms with Gasteiger partial charge in [-0.1, -0.05) is 80.0 Å². The first-order valence-corrected chi connectivity index (χ1v) is 14.0. The molecule has 0 atom stereocenters. The van der Waals surface area contributed by atoms with Crippen LogP contribution >= 0.6 is 11.8 Å². The highest BCUT2D eigenvalue weighted by Gasteiger charge is 2.26. The fraction of sp³-hybridized carbons (Fsp3) is 0.483. The summed E-state index contributed by atoms with van der Waals surface area (Å²) in [6, 6.07) is 17.0. The SMILES string of the molecule is Cc1cccc(CSCCNC(=O)C2CCN(Cc3nc(-c4ccc(C(C)(C)C)cc4)no3)CC2)c1. The van der Waals surface area contributed by atoms with Crippen LogP contribution in [-0.4, -0.2) is 46.3 Å². The molecular weight excluding hydrogens is 468 g/mol. The van der Waals surface area contributed by atoms with Crippen LogP contribution in [0.25, 0.3) is 11.4 Å². The smallest absolute Gasteiger partial charge is 0.241 e. The van der Waals surface area contributed by atoms with Gasteiger partial charge in [-0.05, 0) is 49.4 Å². The van der Waals surface area contributed by atoms with Gasteiger partial charge in [0.2, 0.25) is 17.6 Å². The molecule has 0 spiro atoms. The Morgan fingerprint density at radius 3 is 2.58 bits per heavy atom. The molecule has 1 N–H and O–H groups in total. The largest absolute Gasteiger partial charge is 0.355 e. The number of aromatic nitrogens is 2. The number of amides is 1. The summed E-state index contributed by atoms with van der Waals surface area (Å²) < 4.78 is 5.52. The Balaban J connectivity index is 1.16. The lowest BCUT2D eigenvalue weighted by Crippen LogP contribution is -2.40. The van der Waals surface area contributed by atoms with Crippen LogP contribution in [-0.2, 0) is 22.5 Å². The average Bonchev–Trinajstić information content (AvgIpc) is 3.32. The van der Waals surface area contributed by atoms with Crippen LogP contribution in [0.15, 0.2) is 53.1 Å². The van der Waals surface area contributed by atoms with Gasteiger partial charge in [0.15, 0.2) is 0 Å². The summed E-state index contributed by atoms with van der Waals surface area (Å²) in [6.45, 7) is 11.8. The van der Waals surface area contributed by atoms with Gasteiger partial charge in [0.25, 0.3) is 0 Å². The number of thioether (sulfide) groups is 1. The van der Waals surface area contributed by atoms with Crippen LogP contribution in [0, 0.1) is 12.8 Å². The molecule has 0 unspecified atom stereocenters. The van der Waals surface area contributed by atoms with E-state index in [1.807, 2.05) is 11.8 Å². The van der Waals surface area contributed by atoms with Gasteiger partial charge < -0.3 is 9.84 Å². The first kappa shape index (κ1) is 26.4. The first-order chi connectivity index (χ1) is 17.3. The zero-order chi connectivity index (χ0) is 25.5. The zero-order valence-corrected chi connectivity index (χ0v) is 22.7. The molecule has 1 aromatic heterocycles. The molecule has 1 saturated heterocycles.